The molecule has 2 unspecified atom stereocenters. The minimum Gasteiger partial charge on any atom is -0.483 e. The fourth-order valence-corrected chi connectivity index (χ4v) is 2.89. The van der Waals surface area contributed by atoms with Crippen LogP contribution in [0.25, 0.3) is 0 Å². The summed E-state index contributed by atoms with van der Waals surface area (Å²) in [6.45, 7) is 2.51. The van der Waals surface area contributed by atoms with Gasteiger partial charge in [-0.1, -0.05) is 19.4 Å². The minimum absolute atomic E-state index is 0.0302. The Balaban J connectivity index is 2.23. The normalized spacial score (nSPS) is 22.5. The third-order valence-electron chi connectivity index (χ3n) is 4.10. The summed E-state index contributed by atoms with van der Waals surface area (Å²) < 4.78 is 6.00. The van der Waals surface area contributed by atoms with Gasteiger partial charge in [0.2, 0.25) is 0 Å². The molecule has 1 saturated carbocycles. The maximum Gasteiger partial charge on any atom is 0.310 e. The van der Waals surface area contributed by atoms with E-state index in [9.17, 15) is 10.1 Å². The molecule has 0 bridgehead atoms. The van der Waals surface area contributed by atoms with E-state index in [2.05, 4.69) is 6.92 Å². The van der Waals surface area contributed by atoms with E-state index in [1.807, 2.05) is 0 Å². The van der Waals surface area contributed by atoms with Crippen LogP contribution in [0.15, 0.2) is 18.2 Å². The van der Waals surface area contributed by atoms with Crippen molar-refractivity contribution < 1.29 is 9.66 Å². The van der Waals surface area contributed by atoms with Crippen LogP contribution in [-0.2, 0) is 6.54 Å². The van der Waals surface area contributed by atoms with Gasteiger partial charge in [0.15, 0.2) is 5.75 Å². The number of hydrogen-bond donors (Lipinski definition) is 1. The summed E-state index contributed by atoms with van der Waals surface area (Å²) in [5.74, 6) is 0.855. The Hall–Kier alpha value is -1.62. The number of ether oxygens (including phenoxy) is 1. The highest BCUT2D eigenvalue weighted by molar-refractivity contribution is 5.48. The molecule has 5 nitrogen and oxygen atoms in total. The fraction of sp³-hybridized carbons (Fsp3) is 0.600. The first kappa shape index (κ1) is 14.8. The number of rotatable bonds is 5. The molecule has 2 N–H and O–H groups in total. The van der Waals surface area contributed by atoms with E-state index in [0.717, 1.165) is 31.2 Å². The fourth-order valence-electron chi connectivity index (χ4n) is 2.89. The molecule has 0 spiro atoms. The van der Waals surface area contributed by atoms with E-state index in [0.29, 0.717) is 18.2 Å². The van der Waals surface area contributed by atoms with Crippen LogP contribution in [0.3, 0.4) is 0 Å². The van der Waals surface area contributed by atoms with Gasteiger partial charge >= 0.3 is 5.69 Å². The smallest absolute Gasteiger partial charge is 0.310 e. The molecule has 0 radical (unpaired) electrons. The van der Waals surface area contributed by atoms with Gasteiger partial charge in [0, 0.05) is 12.6 Å². The van der Waals surface area contributed by atoms with Crippen LogP contribution < -0.4 is 10.5 Å². The third kappa shape index (κ3) is 3.28. The molecule has 0 heterocycles. The highest BCUT2D eigenvalue weighted by Crippen LogP contribution is 2.34. The van der Waals surface area contributed by atoms with Crippen molar-refractivity contribution in [3.63, 3.8) is 0 Å². The summed E-state index contributed by atoms with van der Waals surface area (Å²) in [7, 11) is 0. The number of nitrogens with zero attached hydrogens (tertiary/aromatic N) is 1. The van der Waals surface area contributed by atoms with Crippen molar-refractivity contribution in [2.24, 2.45) is 11.7 Å². The zero-order valence-electron chi connectivity index (χ0n) is 11.9. The summed E-state index contributed by atoms with van der Waals surface area (Å²) in [6, 6.07) is 4.88. The zero-order valence-corrected chi connectivity index (χ0v) is 11.9. The molecular weight excluding hydrogens is 256 g/mol. The summed E-state index contributed by atoms with van der Waals surface area (Å²) in [5, 5.41) is 11.1. The van der Waals surface area contributed by atoms with Crippen molar-refractivity contribution in [1.29, 1.82) is 0 Å². The highest BCUT2D eigenvalue weighted by Gasteiger charge is 2.27. The molecule has 0 aromatic heterocycles. The molecule has 1 aliphatic carbocycles. The lowest BCUT2D eigenvalue weighted by Crippen LogP contribution is -2.30. The maximum absolute atomic E-state index is 11.1. The van der Waals surface area contributed by atoms with Crippen LogP contribution in [0.5, 0.6) is 5.75 Å². The van der Waals surface area contributed by atoms with Crippen LogP contribution in [0.2, 0.25) is 0 Å². The van der Waals surface area contributed by atoms with E-state index in [4.69, 9.17) is 10.5 Å². The molecule has 1 fully saturated rings. The molecule has 110 valence electrons. The van der Waals surface area contributed by atoms with Gasteiger partial charge in [-0.15, -0.1) is 0 Å². The van der Waals surface area contributed by atoms with Crippen LogP contribution >= 0.6 is 0 Å². The summed E-state index contributed by atoms with van der Waals surface area (Å²) in [4.78, 5) is 10.7. The molecule has 20 heavy (non-hydrogen) atoms. The standard InChI is InChI=1S/C15H22N2O3/c1-2-12-5-3-4-6-14(12)20-15-9-11(10-16)7-8-13(15)17(18)19/h7-9,12,14H,2-6,10,16H2,1H3. The number of hydrogen-bond acceptors (Lipinski definition) is 4. The molecule has 0 aliphatic heterocycles. The largest absolute Gasteiger partial charge is 0.483 e. The Morgan fingerprint density at radius 2 is 2.15 bits per heavy atom. The molecule has 0 amide bonds. The van der Waals surface area contributed by atoms with Gasteiger partial charge < -0.3 is 10.5 Å². The van der Waals surface area contributed by atoms with Crippen LogP contribution in [-0.4, -0.2) is 11.0 Å². The Kier molecular flexibility index (Phi) is 4.95. The van der Waals surface area contributed by atoms with Crippen molar-refractivity contribution in [2.75, 3.05) is 0 Å². The minimum atomic E-state index is -0.389. The second kappa shape index (κ2) is 6.70. The monoisotopic (exact) mass is 278 g/mol. The Bertz CT molecular complexity index is 476. The van der Waals surface area contributed by atoms with Crippen molar-refractivity contribution in [2.45, 2.75) is 51.7 Å². The van der Waals surface area contributed by atoms with Crippen molar-refractivity contribution in [1.82, 2.24) is 0 Å². The second-order valence-corrected chi connectivity index (χ2v) is 5.37. The molecule has 5 heteroatoms. The number of nitro groups is 1. The summed E-state index contributed by atoms with van der Waals surface area (Å²) in [6.07, 6.45) is 5.61. The zero-order chi connectivity index (χ0) is 14.5. The Morgan fingerprint density at radius 1 is 1.40 bits per heavy atom. The first-order valence-corrected chi connectivity index (χ1v) is 7.29. The first-order chi connectivity index (χ1) is 9.65. The lowest BCUT2D eigenvalue weighted by atomic mass is 9.85. The van der Waals surface area contributed by atoms with Gasteiger partial charge in [-0.3, -0.25) is 10.1 Å². The van der Waals surface area contributed by atoms with Crippen LogP contribution in [0, 0.1) is 16.0 Å². The topological polar surface area (TPSA) is 78.4 Å². The molecule has 1 aliphatic rings. The molecule has 2 rings (SSSR count). The Morgan fingerprint density at radius 3 is 2.80 bits per heavy atom. The first-order valence-electron chi connectivity index (χ1n) is 7.29. The molecular formula is C15H22N2O3. The maximum atomic E-state index is 11.1. The van der Waals surface area contributed by atoms with E-state index in [-0.39, 0.29) is 16.7 Å². The van der Waals surface area contributed by atoms with Crippen molar-refractivity contribution in [3.05, 3.63) is 33.9 Å². The van der Waals surface area contributed by atoms with Gasteiger partial charge in [-0.2, -0.15) is 0 Å². The lowest BCUT2D eigenvalue weighted by molar-refractivity contribution is -0.386. The number of benzene rings is 1. The lowest BCUT2D eigenvalue weighted by Gasteiger charge is -2.31. The predicted octanol–water partition coefficient (Wildman–Crippen LogP) is 3.40. The molecule has 1 aromatic rings. The molecule has 2 atom stereocenters. The molecule has 0 saturated heterocycles. The number of nitrogens with two attached hydrogens (primary N) is 1. The molecule has 1 aromatic carbocycles. The predicted molar refractivity (Wildman–Crippen MR) is 77.7 cm³/mol. The van der Waals surface area contributed by atoms with Gasteiger partial charge in [0.25, 0.3) is 0 Å². The van der Waals surface area contributed by atoms with Gasteiger partial charge in [0.05, 0.1) is 4.92 Å². The SMILES string of the molecule is CCC1CCCCC1Oc1cc(CN)ccc1[N+](=O)[O-]. The Labute approximate surface area is 119 Å². The number of nitro benzene ring substituents is 1. The van der Waals surface area contributed by atoms with Gasteiger partial charge in [-0.25, -0.2) is 0 Å². The second-order valence-electron chi connectivity index (χ2n) is 5.37. The summed E-state index contributed by atoms with van der Waals surface area (Å²) in [5.41, 5.74) is 6.49. The van der Waals surface area contributed by atoms with Crippen molar-refractivity contribution >= 4 is 5.69 Å². The summed E-state index contributed by atoms with van der Waals surface area (Å²) >= 11 is 0. The van der Waals surface area contributed by atoms with Crippen molar-refractivity contribution in [3.8, 4) is 5.75 Å². The van der Waals surface area contributed by atoms with Gasteiger partial charge in [-0.05, 0) is 43.2 Å². The van der Waals surface area contributed by atoms with E-state index >= 15 is 0 Å². The van der Waals surface area contributed by atoms with E-state index in [1.54, 1.807) is 12.1 Å². The van der Waals surface area contributed by atoms with Gasteiger partial charge in [0.1, 0.15) is 6.10 Å². The third-order valence-corrected chi connectivity index (χ3v) is 4.10. The quantitative estimate of drug-likeness (QED) is 0.661. The average Bonchev–Trinajstić information content (AvgIpc) is 2.47. The van der Waals surface area contributed by atoms with Crippen LogP contribution in [0.4, 0.5) is 5.69 Å². The average molecular weight is 278 g/mol. The van der Waals surface area contributed by atoms with E-state index < -0.39 is 0 Å². The van der Waals surface area contributed by atoms with Crippen LogP contribution in [0.1, 0.15) is 44.6 Å². The highest BCUT2D eigenvalue weighted by atomic mass is 16.6. The van der Waals surface area contributed by atoms with E-state index in [1.165, 1.54) is 12.5 Å².